The Hall–Kier alpha value is -3.06. The largest absolute Gasteiger partial charge is 0.497 e. The van der Waals surface area contributed by atoms with Crippen molar-refractivity contribution in [2.45, 2.75) is 31.1 Å². The highest BCUT2D eigenvalue weighted by Crippen LogP contribution is 2.27. The lowest BCUT2D eigenvalue weighted by Gasteiger charge is -2.17. The van der Waals surface area contributed by atoms with Gasteiger partial charge in [0.25, 0.3) is 5.56 Å². The number of rotatable bonds is 7. The number of hydrogen-bond donors (Lipinski definition) is 3. The number of methoxy groups -OCH3 is 2. The molecular weight excluding hydrogens is 402 g/mol. The van der Waals surface area contributed by atoms with Crippen molar-refractivity contribution < 1.29 is 34.3 Å². The summed E-state index contributed by atoms with van der Waals surface area (Å²) >= 11 is 0. The Balaban J connectivity index is 1.95. The van der Waals surface area contributed by atoms with Crippen molar-refractivity contribution in [2.24, 2.45) is 0 Å². The molecule has 1 fully saturated rings. The quantitative estimate of drug-likeness (QED) is 0.421. The van der Waals surface area contributed by atoms with Crippen molar-refractivity contribution in [1.82, 2.24) is 14.3 Å². The predicted octanol–water partition coefficient (Wildman–Crippen LogP) is -2.08. The number of Topliss-reactive ketones (excluding diaryl/α,β-unsaturated/α-hetero) is 1. The molecule has 0 bridgehead atoms. The van der Waals surface area contributed by atoms with E-state index in [1.807, 2.05) is 0 Å². The van der Waals surface area contributed by atoms with E-state index < -0.39 is 54.7 Å². The molecule has 12 nitrogen and oxygen atoms in total. The summed E-state index contributed by atoms with van der Waals surface area (Å²) in [7, 11) is 2.81. The van der Waals surface area contributed by atoms with E-state index in [1.165, 1.54) is 32.4 Å². The van der Waals surface area contributed by atoms with Gasteiger partial charge in [0.15, 0.2) is 12.0 Å². The number of ether oxygens (including phenoxy) is 3. The Morgan fingerprint density at radius 3 is 2.53 bits per heavy atom. The van der Waals surface area contributed by atoms with Gasteiger partial charge in [-0.3, -0.25) is 9.59 Å². The maximum absolute atomic E-state index is 12.8. The number of benzene rings is 1. The smallest absolute Gasteiger partial charge is 0.350 e. The third kappa shape index (κ3) is 3.85. The molecule has 1 aliphatic rings. The maximum Gasteiger partial charge on any atom is 0.350 e. The number of ketones is 1. The molecule has 2 heterocycles. The van der Waals surface area contributed by atoms with Crippen LogP contribution in [0.5, 0.6) is 11.5 Å². The van der Waals surface area contributed by atoms with Gasteiger partial charge in [0.05, 0.1) is 32.9 Å². The highest BCUT2D eigenvalue weighted by atomic mass is 16.6. The van der Waals surface area contributed by atoms with Crippen molar-refractivity contribution in [3.05, 3.63) is 50.8 Å². The van der Waals surface area contributed by atoms with Crippen LogP contribution in [0, 0.1) is 0 Å². The molecule has 1 aliphatic heterocycles. The first kappa shape index (κ1) is 21.6. The van der Waals surface area contributed by atoms with Crippen LogP contribution in [-0.2, 0) is 11.3 Å². The minimum absolute atomic E-state index is 0.126. The van der Waals surface area contributed by atoms with E-state index in [0.717, 1.165) is 6.20 Å². The molecule has 1 aromatic heterocycles. The third-order valence-electron chi connectivity index (χ3n) is 4.75. The summed E-state index contributed by atoms with van der Waals surface area (Å²) in [5.74, 6) is 0.0639. The fourth-order valence-corrected chi connectivity index (χ4v) is 3.11. The summed E-state index contributed by atoms with van der Waals surface area (Å²) in [4.78, 5) is 37.7. The second kappa shape index (κ2) is 8.75. The summed E-state index contributed by atoms with van der Waals surface area (Å²) in [6.07, 6.45) is -4.82. The van der Waals surface area contributed by atoms with E-state index in [-0.39, 0.29) is 11.3 Å². The molecule has 162 valence electrons. The first-order valence-electron chi connectivity index (χ1n) is 8.88. The Bertz CT molecular complexity index is 1050. The lowest BCUT2D eigenvalue weighted by atomic mass is 10.1. The van der Waals surface area contributed by atoms with Gasteiger partial charge >= 0.3 is 5.69 Å². The molecule has 3 N–H and O–H groups in total. The molecular formula is C18H21N3O9. The first-order chi connectivity index (χ1) is 14.3. The van der Waals surface area contributed by atoms with Gasteiger partial charge in [-0.1, -0.05) is 0 Å². The van der Waals surface area contributed by atoms with Crippen LogP contribution >= 0.6 is 0 Å². The monoisotopic (exact) mass is 423 g/mol. The van der Waals surface area contributed by atoms with E-state index in [4.69, 9.17) is 14.2 Å². The van der Waals surface area contributed by atoms with Crippen LogP contribution in [0.1, 0.15) is 16.6 Å². The molecule has 4 atom stereocenters. The molecule has 30 heavy (non-hydrogen) atoms. The molecule has 1 saturated heterocycles. The number of carbonyl (C=O) groups is 1. The van der Waals surface area contributed by atoms with E-state index in [9.17, 15) is 29.7 Å². The highest BCUT2D eigenvalue weighted by molar-refractivity contribution is 5.98. The van der Waals surface area contributed by atoms with Crippen LogP contribution in [0.3, 0.4) is 0 Å². The summed E-state index contributed by atoms with van der Waals surface area (Å²) < 4.78 is 16.8. The Morgan fingerprint density at radius 1 is 1.20 bits per heavy atom. The van der Waals surface area contributed by atoms with Crippen LogP contribution in [0.2, 0.25) is 0 Å². The summed E-state index contributed by atoms with van der Waals surface area (Å²) in [5.41, 5.74) is -1.75. The predicted molar refractivity (Wildman–Crippen MR) is 99.6 cm³/mol. The normalized spacial score (nSPS) is 23.4. The standard InChI is InChI=1S/C18H21N3O9/c1-28-9-3-4-10(12(5-9)29-2)11(23)7-20-14(24)6-19-21(18(20)27)17-16(26)15(25)13(8-22)30-17/h3-6,13,15-17,22,25-26H,7-8H2,1-2H3/t13-,15-,16-,17-/m1/s1. The highest BCUT2D eigenvalue weighted by Gasteiger charge is 2.44. The molecule has 0 unspecified atom stereocenters. The zero-order chi connectivity index (χ0) is 22.0. The number of aliphatic hydroxyl groups excluding tert-OH is 3. The van der Waals surface area contributed by atoms with Gasteiger partial charge in [-0.25, -0.2) is 9.36 Å². The van der Waals surface area contributed by atoms with Crippen molar-refractivity contribution in [3.8, 4) is 11.5 Å². The van der Waals surface area contributed by atoms with E-state index >= 15 is 0 Å². The molecule has 0 amide bonds. The summed E-state index contributed by atoms with van der Waals surface area (Å²) in [6.45, 7) is -1.23. The lowest BCUT2D eigenvalue weighted by Crippen LogP contribution is -2.45. The van der Waals surface area contributed by atoms with E-state index in [2.05, 4.69) is 5.10 Å². The van der Waals surface area contributed by atoms with Crippen molar-refractivity contribution in [3.63, 3.8) is 0 Å². The van der Waals surface area contributed by atoms with Crippen LogP contribution in [0.25, 0.3) is 0 Å². The molecule has 12 heteroatoms. The zero-order valence-corrected chi connectivity index (χ0v) is 16.2. The Labute approximate surface area is 169 Å². The van der Waals surface area contributed by atoms with Gasteiger partial charge in [0, 0.05) is 6.07 Å². The van der Waals surface area contributed by atoms with Gasteiger partial charge in [0.2, 0.25) is 0 Å². The maximum atomic E-state index is 12.8. The van der Waals surface area contributed by atoms with Crippen LogP contribution in [-0.4, -0.2) is 74.6 Å². The van der Waals surface area contributed by atoms with Crippen LogP contribution < -0.4 is 20.7 Å². The van der Waals surface area contributed by atoms with E-state index in [0.29, 0.717) is 15.0 Å². The second-order valence-electron chi connectivity index (χ2n) is 6.51. The second-order valence-corrected chi connectivity index (χ2v) is 6.51. The van der Waals surface area contributed by atoms with Crippen LogP contribution in [0.4, 0.5) is 0 Å². The van der Waals surface area contributed by atoms with Gasteiger partial charge in [-0.05, 0) is 12.1 Å². The molecule has 0 aliphatic carbocycles. The first-order valence-corrected chi connectivity index (χ1v) is 8.88. The lowest BCUT2D eigenvalue weighted by molar-refractivity contribution is -0.0624. The molecule has 0 spiro atoms. The van der Waals surface area contributed by atoms with Crippen molar-refractivity contribution in [1.29, 1.82) is 0 Å². The van der Waals surface area contributed by atoms with Gasteiger partial charge in [0.1, 0.15) is 36.0 Å². The number of carbonyl (C=O) groups excluding carboxylic acids is 1. The topological polar surface area (TPSA) is 162 Å². The van der Waals surface area contributed by atoms with Gasteiger partial charge in [-0.15, -0.1) is 0 Å². The minimum atomic E-state index is -1.57. The third-order valence-corrected chi connectivity index (χ3v) is 4.75. The van der Waals surface area contributed by atoms with Crippen molar-refractivity contribution >= 4 is 5.78 Å². The SMILES string of the molecule is COc1ccc(C(=O)Cn2c(=O)cnn([C@@H]3O[C@H](CO)[C@@H](O)[C@H]3O)c2=O)c(OC)c1. The average molecular weight is 423 g/mol. The molecule has 0 radical (unpaired) electrons. The Kier molecular flexibility index (Phi) is 6.31. The fourth-order valence-electron chi connectivity index (χ4n) is 3.11. The fraction of sp³-hybridized carbons (Fsp3) is 0.444. The van der Waals surface area contributed by atoms with E-state index in [1.54, 1.807) is 0 Å². The summed E-state index contributed by atoms with van der Waals surface area (Å²) in [5, 5.41) is 32.8. The Morgan fingerprint density at radius 2 is 1.93 bits per heavy atom. The van der Waals surface area contributed by atoms with Gasteiger partial charge < -0.3 is 29.5 Å². The number of aromatic nitrogens is 3. The number of aliphatic hydroxyl groups is 3. The molecule has 1 aromatic carbocycles. The average Bonchev–Trinajstić information content (AvgIpc) is 3.04. The number of hydrogen-bond acceptors (Lipinski definition) is 10. The zero-order valence-electron chi connectivity index (χ0n) is 16.2. The van der Waals surface area contributed by atoms with Crippen LogP contribution in [0.15, 0.2) is 34.0 Å². The molecule has 0 saturated carbocycles. The van der Waals surface area contributed by atoms with Gasteiger partial charge in [-0.2, -0.15) is 9.78 Å². The van der Waals surface area contributed by atoms with Crippen molar-refractivity contribution in [2.75, 3.05) is 20.8 Å². The molecule has 2 aromatic rings. The number of nitrogens with zero attached hydrogens (tertiary/aromatic N) is 3. The molecule has 3 rings (SSSR count). The summed E-state index contributed by atoms with van der Waals surface area (Å²) in [6, 6.07) is 4.46. The minimum Gasteiger partial charge on any atom is -0.497 e.